The number of likely N-dealkylation sites (tertiary alicyclic amines) is 1. The Morgan fingerprint density at radius 1 is 1.32 bits per heavy atom. The van der Waals surface area contributed by atoms with E-state index < -0.39 is 0 Å². The van der Waals surface area contributed by atoms with Gasteiger partial charge in [0.25, 0.3) is 5.69 Å². The van der Waals surface area contributed by atoms with Gasteiger partial charge in [-0.05, 0) is 43.5 Å². The fourth-order valence-corrected chi connectivity index (χ4v) is 5.37. The van der Waals surface area contributed by atoms with Gasteiger partial charge in [0.2, 0.25) is 0 Å². The molecule has 0 amide bonds. The minimum Gasteiger partial charge on any atom is -0.296 e. The maximum absolute atomic E-state index is 13.7. The molecule has 1 spiro atoms. The molecule has 6 nitrogen and oxygen atoms in total. The van der Waals surface area contributed by atoms with Crippen molar-refractivity contribution < 1.29 is 9.31 Å². The summed E-state index contributed by atoms with van der Waals surface area (Å²) in [5.41, 5.74) is 1.91. The highest BCUT2D eigenvalue weighted by molar-refractivity contribution is 7.99. The van der Waals surface area contributed by atoms with Crippen LogP contribution in [0.3, 0.4) is 0 Å². The van der Waals surface area contributed by atoms with E-state index in [9.17, 15) is 14.5 Å². The van der Waals surface area contributed by atoms with Crippen LogP contribution in [-0.4, -0.2) is 34.5 Å². The van der Waals surface area contributed by atoms with Crippen molar-refractivity contribution in [2.75, 3.05) is 17.4 Å². The minimum atomic E-state index is -0.351. The molecule has 0 radical (unpaired) electrons. The second-order valence-electron chi connectivity index (χ2n) is 7.61. The molecular formula is C20H23FN4O2S. The number of hydrogen-bond donors (Lipinski definition) is 1. The molecule has 0 saturated carbocycles. The largest absolute Gasteiger partial charge is 0.296 e. The second-order valence-corrected chi connectivity index (χ2v) is 8.45. The Kier molecular flexibility index (Phi) is 5.27. The van der Waals surface area contributed by atoms with Crippen molar-refractivity contribution in [1.29, 1.82) is 0 Å². The quantitative estimate of drug-likeness (QED) is 0.471. The van der Waals surface area contributed by atoms with Crippen molar-refractivity contribution in [1.82, 2.24) is 9.62 Å². The van der Waals surface area contributed by atoms with Crippen molar-refractivity contribution in [3.8, 4) is 0 Å². The molecule has 2 aromatic rings. The number of halogens is 1. The number of nitrogens with one attached hydrogen (secondary N) is 1. The zero-order chi connectivity index (χ0) is 19.7. The van der Waals surface area contributed by atoms with Gasteiger partial charge in [-0.25, -0.2) is 9.11 Å². The first-order chi connectivity index (χ1) is 13.5. The molecule has 1 N–H and O–H groups in total. The van der Waals surface area contributed by atoms with Gasteiger partial charge >= 0.3 is 0 Å². The lowest BCUT2D eigenvalue weighted by Gasteiger charge is -2.47. The predicted octanol–water partition coefficient (Wildman–Crippen LogP) is 4.13. The Bertz CT molecular complexity index is 883. The molecule has 0 aromatic heterocycles. The van der Waals surface area contributed by atoms with Gasteiger partial charge in [-0.2, -0.15) is 0 Å². The first kappa shape index (κ1) is 19.2. The van der Waals surface area contributed by atoms with Gasteiger partial charge in [0.15, 0.2) is 0 Å². The molecule has 2 aliphatic heterocycles. The molecule has 0 unspecified atom stereocenters. The van der Waals surface area contributed by atoms with Crippen molar-refractivity contribution >= 4 is 23.5 Å². The van der Waals surface area contributed by atoms with Gasteiger partial charge < -0.3 is 0 Å². The number of rotatable bonds is 4. The Labute approximate surface area is 168 Å². The zero-order valence-electron chi connectivity index (χ0n) is 15.7. The molecular weight excluding hydrogens is 379 g/mol. The summed E-state index contributed by atoms with van der Waals surface area (Å²) in [7, 11) is 0. The summed E-state index contributed by atoms with van der Waals surface area (Å²) in [6.45, 7) is 4.63. The lowest BCUT2D eigenvalue weighted by molar-refractivity contribution is -0.384. The van der Waals surface area contributed by atoms with Gasteiger partial charge in [-0.15, -0.1) is 0 Å². The number of hydrogen-bond acceptors (Lipinski definition) is 6. The molecule has 28 heavy (non-hydrogen) atoms. The van der Waals surface area contributed by atoms with Crippen LogP contribution in [0.4, 0.5) is 15.8 Å². The standard InChI is InChI=1S/C20H23FN4O2S/c1-15-12-20(14-22-28-24(20)18-6-3-5-17(21)11-18)8-9-23(15)13-16-4-2-7-19(10-16)25(26)27/h2-7,10-11,15,22H,8-9,12-14H2,1H3/t15-,20+/m0/s1. The van der Waals surface area contributed by atoms with Crippen molar-refractivity contribution in [2.24, 2.45) is 0 Å². The molecule has 148 valence electrons. The highest BCUT2D eigenvalue weighted by Gasteiger charge is 2.46. The normalized spacial score (nSPS) is 25.4. The topological polar surface area (TPSA) is 61.6 Å². The molecule has 2 saturated heterocycles. The van der Waals surface area contributed by atoms with E-state index in [-0.39, 0.29) is 22.0 Å². The third-order valence-electron chi connectivity index (χ3n) is 5.70. The number of nitro groups is 1. The summed E-state index contributed by atoms with van der Waals surface area (Å²) in [4.78, 5) is 13.0. The van der Waals surface area contributed by atoms with E-state index in [2.05, 4.69) is 20.9 Å². The van der Waals surface area contributed by atoms with E-state index in [1.807, 2.05) is 12.1 Å². The molecule has 0 bridgehead atoms. The number of nitrogens with zero attached hydrogens (tertiary/aromatic N) is 3. The SMILES string of the molecule is C[C@H]1C[C@]2(CCN1Cc1cccc([N+](=O)[O-])c1)CNSN2c1cccc(F)c1. The van der Waals surface area contributed by atoms with Gasteiger partial charge in [0.05, 0.1) is 16.1 Å². The van der Waals surface area contributed by atoms with Crippen molar-refractivity contribution in [3.63, 3.8) is 0 Å². The first-order valence-corrected chi connectivity index (χ1v) is 10.2. The Balaban J connectivity index is 1.49. The van der Waals surface area contributed by atoms with E-state index in [1.165, 1.54) is 12.1 Å². The molecule has 2 heterocycles. The maximum Gasteiger partial charge on any atom is 0.269 e. The summed E-state index contributed by atoms with van der Waals surface area (Å²) in [5.74, 6) is -0.226. The summed E-state index contributed by atoms with van der Waals surface area (Å²) in [6.07, 6.45) is 1.89. The van der Waals surface area contributed by atoms with Crippen LogP contribution in [0.25, 0.3) is 0 Å². The summed E-state index contributed by atoms with van der Waals surface area (Å²) in [5, 5.41) is 11.0. The lowest BCUT2D eigenvalue weighted by atomic mass is 9.83. The second kappa shape index (κ2) is 7.69. The zero-order valence-corrected chi connectivity index (χ0v) is 16.5. The van der Waals surface area contributed by atoms with Gasteiger partial charge in [0, 0.05) is 49.9 Å². The minimum absolute atomic E-state index is 0.0585. The van der Waals surface area contributed by atoms with Gasteiger partial charge in [-0.3, -0.25) is 19.3 Å². The Hall–Kier alpha value is -2.16. The van der Waals surface area contributed by atoms with E-state index in [4.69, 9.17) is 0 Å². The Morgan fingerprint density at radius 2 is 2.14 bits per heavy atom. The average molecular weight is 402 g/mol. The van der Waals surface area contributed by atoms with E-state index in [0.29, 0.717) is 12.6 Å². The van der Waals surface area contributed by atoms with Crippen molar-refractivity contribution in [2.45, 2.75) is 37.9 Å². The third kappa shape index (κ3) is 3.72. The molecule has 2 fully saturated rings. The number of benzene rings is 2. The van der Waals surface area contributed by atoms with Crippen LogP contribution in [0.2, 0.25) is 0 Å². The fraction of sp³-hybridized carbons (Fsp3) is 0.400. The van der Waals surface area contributed by atoms with Crippen molar-refractivity contribution in [3.05, 3.63) is 70.0 Å². The fourth-order valence-electron chi connectivity index (χ4n) is 4.26. The van der Waals surface area contributed by atoms with Crippen LogP contribution in [0.1, 0.15) is 25.3 Å². The summed E-state index contributed by atoms with van der Waals surface area (Å²) in [6, 6.07) is 13.9. The third-order valence-corrected chi connectivity index (χ3v) is 6.75. The molecule has 0 aliphatic carbocycles. The first-order valence-electron chi connectivity index (χ1n) is 9.40. The number of non-ortho nitro benzene ring substituents is 1. The average Bonchev–Trinajstić information content (AvgIpc) is 3.07. The highest BCUT2D eigenvalue weighted by atomic mass is 32.2. The lowest BCUT2D eigenvalue weighted by Crippen LogP contribution is -2.56. The monoisotopic (exact) mass is 402 g/mol. The predicted molar refractivity (Wildman–Crippen MR) is 109 cm³/mol. The summed E-state index contributed by atoms with van der Waals surface area (Å²) >= 11 is 1.55. The van der Waals surface area contributed by atoms with Crippen LogP contribution >= 0.6 is 12.1 Å². The van der Waals surface area contributed by atoms with E-state index in [1.54, 1.807) is 36.4 Å². The van der Waals surface area contributed by atoms with Gasteiger partial charge in [-0.1, -0.05) is 18.2 Å². The number of anilines is 1. The smallest absolute Gasteiger partial charge is 0.269 e. The molecule has 2 atom stereocenters. The van der Waals surface area contributed by atoms with Gasteiger partial charge in [0.1, 0.15) is 5.82 Å². The highest BCUT2D eigenvalue weighted by Crippen LogP contribution is 2.43. The van der Waals surface area contributed by atoms with E-state index >= 15 is 0 Å². The van der Waals surface area contributed by atoms with Crippen LogP contribution < -0.4 is 9.03 Å². The molecule has 2 aliphatic rings. The van der Waals surface area contributed by atoms with E-state index in [0.717, 1.165) is 37.2 Å². The Morgan fingerprint density at radius 3 is 2.89 bits per heavy atom. The van der Waals surface area contributed by atoms with Crippen LogP contribution in [0.5, 0.6) is 0 Å². The number of nitro benzene ring substituents is 1. The van der Waals surface area contributed by atoms with Crippen LogP contribution in [0, 0.1) is 15.9 Å². The molecule has 4 rings (SSSR count). The number of piperidine rings is 1. The van der Waals surface area contributed by atoms with Crippen LogP contribution in [0.15, 0.2) is 48.5 Å². The maximum atomic E-state index is 13.7. The van der Waals surface area contributed by atoms with Crippen LogP contribution in [-0.2, 0) is 6.54 Å². The molecule has 8 heteroatoms. The molecule has 2 aromatic carbocycles. The summed E-state index contributed by atoms with van der Waals surface area (Å²) < 4.78 is 19.3.